The van der Waals surface area contributed by atoms with Gasteiger partial charge in [0.05, 0.1) is 29.9 Å². The van der Waals surface area contributed by atoms with Gasteiger partial charge in [0.25, 0.3) is 0 Å². The first-order valence-electron chi connectivity index (χ1n) is 7.31. The van der Waals surface area contributed by atoms with Gasteiger partial charge in [-0.05, 0) is 33.3 Å². The Morgan fingerprint density at radius 1 is 1.10 bits per heavy atom. The summed E-state index contributed by atoms with van der Waals surface area (Å²) in [6.07, 6.45) is 1.17. The average Bonchev–Trinajstić information content (AvgIpc) is 2.33. The largest absolute Gasteiger partial charge is 0.545 e. The van der Waals surface area contributed by atoms with Gasteiger partial charge in [-0.2, -0.15) is 0 Å². The number of carbonyl (C=O) groups excluding carboxylic acids is 2. The smallest absolute Gasteiger partial charge is 0.145 e. The molecule has 1 aromatic rings. The molecule has 0 aromatic heterocycles. The van der Waals surface area contributed by atoms with E-state index in [1.165, 1.54) is 4.90 Å². The van der Waals surface area contributed by atoms with Crippen LogP contribution in [0.2, 0.25) is 0 Å². The van der Waals surface area contributed by atoms with Crippen molar-refractivity contribution in [3.05, 3.63) is 35.4 Å². The van der Waals surface area contributed by atoms with Crippen LogP contribution >= 0.6 is 0 Å². The molecule has 0 bridgehead atoms. The Bertz CT molecular complexity index is 538. The molecule has 4 heteroatoms. The maximum absolute atomic E-state index is 11.9. The van der Waals surface area contributed by atoms with E-state index in [1.807, 2.05) is 12.1 Å². The summed E-state index contributed by atoms with van der Waals surface area (Å²) in [5, 5.41) is 10.8. The minimum Gasteiger partial charge on any atom is -0.545 e. The summed E-state index contributed by atoms with van der Waals surface area (Å²) in [5.41, 5.74) is 1.03. The van der Waals surface area contributed by atoms with Crippen LogP contribution in [0, 0.1) is 0 Å². The minimum atomic E-state index is -1.15. The molecule has 21 heavy (non-hydrogen) atoms. The molecule has 114 valence electrons. The van der Waals surface area contributed by atoms with E-state index in [0.717, 1.165) is 12.1 Å². The van der Waals surface area contributed by atoms with E-state index >= 15 is 0 Å². The summed E-state index contributed by atoms with van der Waals surface area (Å²) in [4.78, 5) is 24.1. The minimum absolute atomic E-state index is 0.119. The van der Waals surface area contributed by atoms with Crippen molar-refractivity contribution in [2.45, 2.75) is 58.2 Å². The van der Waals surface area contributed by atoms with Gasteiger partial charge >= 0.3 is 0 Å². The van der Waals surface area contributed by atoms with Gasteiger partial charge in [0.1, 0.15) is 12.3 Å². The fraction of sp³-hybridized carbons (Fsp3) is 0.529. The van der Waals surface area contributed by atoms with Crippen molar-refractivity contribution in [2.24, 2.45) is 0 Å². The van der Waals surface area contributed by atoms with Crippen LogP contribution in [0.3, 0.4) is 0 Å². The molecule has 1 fully saturated rings. The molecule has 1 aliphatic rings. The molecule has 0 aliphatic carbocycles. The topological polar surface area (TPSA) is 61.6 Å². The third-order valence-electron chi connectivity index (χ3n) is 4.48. The normalized spacial score (nSPS) is 21.2. The van der Waals surface area contributed by atoms with E-state index in [1.54, 1.807) is 12.1 Å². The quantitative estimate of drug-likeness (QED) is 0.874. The Hall–Kier alpha value is -1.68. The van der Waals surface area contributed by atoms with Crippen LogP contribution in [0.15, 0.2) is 24.3 Å². The maximum Gasteiger partial charge on any atom is 0.145 e. The van der Waals surface area contributed by atoms with Crippen molar-refractivity contribution in [1.29, 1.82) is 0 Å². The summed E-state index contributed by atoms with van der Waals surface area (Å²) in [6, 6.07) is 6.83. The first-order chi connectivity index (χ1) is 9.62. The summed E-state index contributed by atoms with van der Waals surface area (Å²) >= 11 is 0. The van der Waals surface area contributed by atoms with Crippen molar-refractivity contribution in [3.8, 4) is 0 Å². The summed E-state index contributed by atoms with van der Waals surface area (Å²) in [7, 11) is 0. The van der Waals surface area contributed by atoms with Crippen LogP contribution < -0.4 is 10.0 Å². The number of likely N-dealkylation sites (tertiary alicyclic amines) is 1. The lowest BCUT2D eigenvalue weighted by Crippen LogP contribution is -3.25. The number of carboxylic acid groups (broad SMARTS) is 1. The molecule has 0 radical (unpaired) electrons. The SMILES string of the molecule is CC1(C)CC(=O)CC(C)(C)[NH+]1Cc1ccc(C(=O)[O-])cc1. The molecule has 0 atom stereocenters. The molecule has 2 rings (SSSR count). The highest BCUT2D eigenvalue weighted by Gasteiger charge is 2.48. The van der Waals surface area contributed by atoms with E-state index in [0.29, 0.717) is 18.6 Å². The molecule has 1 heterocycles. The van der Waals surface area contributed by atoms with Crippen LogP contribution in [-0.2, 0) is 11.3 Å². The van der Waals surface area contributed by atoms with Crippen molar-refractivity contribution in [3.63, 3.8) is 0 Å². The van der Waals surface area contributed by atoms with Crippen molar-refractivity contribution < 1.29 is 19.6 Å². The zero-order valence-corrected chi connectivity index (χ0v) is 13.2. The van der Waals surface area contributed by atoms with Crippen LogP contribution in [-0.4, -0.2) is 22.8 Å². The second-order valence-electron chi connectivity index (χ2n) is 7.30. The molecule has 1 aromatic carbocycles. The number of piperidine rings is 1. The summed E-state index contributed by atoms with van der Waals surface area (Å²) in [5.74, 6) is -0.834. The fourth-order valence-corrected chi connectivity index (χ4v) is 3.62. The number of rotatable bonds is 3. The lowest BCUT2D eigenvalue weighted by Gasteiger charge is -2.48. The monoisotopic (exact) mass is 289 g/mol. The second kappa shape index (κ2) is 5.26. The average molecular weight is 289 g/mol. The van der Waals surface area contributed by atoms with E-state index in [4.69, 9.17) is 0 Å². The van der Waals surface area contributed by atoms with Gasteiger partial charge in [-0.25, -0.2) is 0 Å². The predicted octanol–water partition coefficient (Wildman–Crippen LogP) is 0.355. The fourth-order valence-electron chi connectivity index (χ4n) is 3.62. The second-order valence-corrected chi connectivity index (χ2v) is 7.30. The number of hydrogen-bond donors (Lipinski definition) is 1. The molecule has 1 saturated heterocycles. The Balaban J connectivity index is 2.23. The predicted molar refractivity (Wildman–Crippen MR) is 77.8 cm³/mol. The first kappa shape index (κ1) is 15.7. The van der Waals surface area contributed by atoms with E-state index < -0.39 is 5.97 Å². The lowest BCUT2D eigenvalue weighted by molar-refractivity contribution is -1.01. The lowest BCUT2D eigenvalue weighted by atomic mass is 9.78. The Labute approximate surface area is 125 Å². The standard InChI is InChI=1S/C17H23NO3/c1-16(2)9-14(19)10-17(3,4)18(16)11-12-5-7-13(8-6-12)15(20)21/h5-8H,9-11H2,1-4H3,(H,20,21). The number of nitrogens with one attached hydrogen (secondary N) is 1. The van der Waals surface area contributed by atoms with E-state index in [9.17, 15) is 14.7 Å². The highest BCUT2D eigenvalue weighted by molar-refractivity contribution is 5.85. The Morgan fingerprint density at radius 2 is 1.57 bits per heavy atom. The molecule has 0 unspecified atom stereocenters. The highest BCUT2D eigenvalue weighted by Crippen LogP contribution is 2.21. The molecule has 0 spiro atoms. The number of ketones is 1. The van der Waals surface area contributed by atoms with Crippen LogP contribution in [0.4, 0.5) is 0 Å². The van der Waals surface area contributed by atoms with Crippen molar-refractivity contribution in [2.75, 3.05) is 0 Å². The van der Waals surface area contributed by atoms with Gasteiger partial charge in [0.2, 0.25) is 0 Å². The van der Waals surface area contributed by atoms with E-state index in [2.05, 4.69) is 27.7 Å². The number of aromatic carboxylic acids is 1. The van der Waals surface area contributed by atoms with Gasteiger partial charge in [-0.3, -0.25) is 4.79 Å². The maximum atomic E-state index is 11.9. The van der Waals surface area contributed by atoms with Gasteiger partial charge in [-0.1, -0.05) is 24.3 Å². The van der Waals surface area contributed by atoms with Gasteiger partial charge in [0.15, 0.2) is 0 Å². The van der Waals surface area contributed by atoms with Crippen LogP contribution in [0.25, 0.3) is 0 Å². The van der Waals surface area contributed by atoms with Gasteiger partial charge in [-0.15, -0.1) is 0 Å². The summed E-state index contributed by atoms with van der Waals surface area (Å²) in [6.45, 7) is 9.27. The van der Waals surface area contributed by atoms with Crippen molar-refractivity contribution in [1.82, 2.24) is 0 Å². The third-order valence-corrected chi connectivity index (χ3v) is 4.48. The number of hydrogen-bond acceptors (Lipinski definition) is 3. The molecule has 1 aliphatic heterocycles. The molecule has 4 nitrogen and oxygen atoms in total. The zero-order valence-electron chi connectivity index (χ0n) is 13.2. The summed E-state index contributed by atoms with van der Waals surface area (Å²) < 4.78 is 0. The number of Topliss-reactive ketones (excluding diaryl/α,β-unsaturated/α-hetero) is 1. The number of quaternary nitrogens is 1. The molecular formula is C17H23NO3. The molecule has 0 amide bonds. The molecule has 1 N–H and O–H groups in total. The zero-order chi connectivity index (χ0) is 15.8. The number of benzene rings is 1. The highest BCUT2D eigenvalue weighted by atomic mass is 16.4. The van der Waals surface area contributed by atoms with Gasteiger partial charge < -0.3 is 14.8 Å². The molecule has 0 saturated carbocycles. The molecular weight excluding hydrogens is 266 g/mol. The van der Waals surface area contributed by atoms with E-state index in [-0.39, 0.29) is 16.6 Å². The number of carboxylic acids is 1. The number of carbonyl (C=O) groups is 2. The van der Waals surface area contributed by atoms with Crippen LogP contribution in [0.5, 0.6) is 0 Å². The Morgan fingerprint density at radius 3 is 2.00 bits per heavy atom. The Kier molecular flexibility index (Phi) is 3.93. The van der Waals surface area contributed by atoms with Crippen LogP contribution in [0.1, 0.15) is 56.5 Å². The van der Waals surface area contributed by atoms with Crippen molar-refractivity contribution >= 4 is 11.8 Å². The third kappa shape index (κ3) is 3.32. The van der Waals surface area contributed by atoms with Gasteiger partial charge in [0, 0.05) is 5.56 Å². The first-order valence-corrected chi connectivity index (χ1v) is 7.31.